The molecule has 0 radical (unpaired) electrons. The van der Waals surface area contributed by atoms with E-state index in [0.29, 0.717) is 11.3 Å². The molecule has 1 amide bonds. The molecule has 0 bridgehead atoms. The van der Waals surface area contributed by atoms with Crippen LogP contribution in [-0.2, 0) is 6.54 Å². The third-order valence-electron chi connectivity index (χ3n) is 7.45. The Labute approximate surface area is 224 Å². The molecule has 5 rings (SSSR count). The molecule has 188 valence electrons. The fourth-order valence-corrected chi connectivity index (χ4v) is 5.13. The number of benzene rings is 4. The van der Waals surface area contributed by atoms with Crippen molar-refractivity contribution >= 4 is 22.5 Å². The molecule has 0 aliphatic heterocycles. The van der Waals surface area contributed by atoms with Crippen LogP contribution in [0, 0.1) is 20.4 Å². The molecule has 4 heteroatoms. The second kappa shape index (κ2) is 10.8. The van der Waals surface area contributed by atoms with Crippen molar-refractivity contribution in [2.45, 2.75) is 39.8 Å². The normalized spacial score (nSPS) is 11.7. The van der Waals surface area contributed by atoms with E-state index >= 15 is 0 Å². The second-order valence-electron chi connectivity index (χ2n) is 9.70. The maximum absolute atomic E-state index is 13.2. The number of hydrogen-bond acceptors (Lipinski definition) is 1. The summed E-state index contributed by atoms with van der Waals surface area (Å²) in [5, 5.41) is 4.31. The number of nitrogens with one attached hydrogen (secondary N) is 1. The lowest BCUT2D eigenvalue weighted by molar-refractivity contribution is 0.0935. The van der Waals surface area contributed by atoms with Gasteiger partial charge in [-0.2, -0.15) is 0 Å². The third-order valence-corrected chi connectivity index (χ3v) is 7.45. The van der Waals surface area contributed by atoms with Crippen LogP contribution in [-0.4, -0.2) is 10.5 Å². The maximum Gasteiger partial charge on any atom is 0.251 e. The van der Waals surface area contributed by atoms with Crippen LogP contribution in [0.5, 0.6) is 0 Å². The molecule has 4 aromatic carbocycles. The minimum atomic E-state index is -0.0531. The van der Waals surface area contributed by atoms with Crippen molar-refractivity contribution in [3.63, 3.8) is 0 Å². The summed E-state index contributed by atoms with van der Waals surface area (Å²) in [4.78, 5) is 16.8. The Morgan fingerprint density at radius 3 is 2.34 bits per heavy atom. The average molecular weight is 498 g/mol. The van der Waals surface area contributed by atoms with E-state index in [1.165, 1.54) is 16.8 Å². The predicted octanol–water partition coefficient (Wildman–Crippen LogP) is 8.41. The number of amides is 1. The molecule has 38 heavy (non-hydrogen) atoms. The summed E-state index contributed by atoms with van der Waals surface area (Å²) >= 11 is 0. The molecule has 0 spiro atoms. The lowest BCUT2D eigenvalue weighted by Crippen LogP contribution is -2.28. The molecule has 4 nitrogen and oxygen atoms in total. The van der Waals surface area contributed by atoms with Gasteiger partial charge in [0.25, 0.3) is 5.91 Å². The summed E-state index contributed by atoms with van der Waals surface area (Å²) in [7, 11) is 0. The SMILES string of the molecule is [C-]#[N+]c1ccccc1-c1ccc(Cn2c(C)c(C)c3cc(C(=O)NC(CC)c4ccccc4)ccc32)cc1. The van der Waals surface area contributed by atoms with Gasteiger partial charge < -0.3 is 9.88 Å². The lowest BCUT2D eigenvalue weighted by atomic mass is 10.0. The number of fused-ring (bicyclic) bond motifs is 1. The highest BCUT2D eigenvalue weighted by Crippen LogP contribution is 2.31. The molecular weight excluding hydrogens is 466 g/mol. The van der Waals surface area contributed by atoms with Gasteiger partial charge in [-0.1, -0.05) is 85.8 Å². The average Bonchev–Trinajstić information content (AvgIpc) is 3.20. The van der Waals surface area contributed by atoms with Crippen LogP contribution in [0.2, 0.25) is 0 Å². The Morgan fingerprint density at radius 2 is 1.63 bits per heavy atom. The first kappa shape index (κ1) is 25.0. The monoisotopic (exact) mass is 497 g/mol. The van der Waals surface area contributed by atoms with Crippen LogP contribution in [0.25, 0.3) is 26.9 Å². The van der Waals surface area contributed by atoms with Crippen LogP contribution < -0.4 is 5.32 Å². The summed E-state index contributed by atoms with van der Waals surface area (Å²) in [6.45, 7) is 14.5. The number of carbonyl (C=O) groups excluding carboxylic acids is 1. The number of aryl methyl sites for hydroxylation is 1. The first-order chi connectivity index (χ1) is 18.5. The van der Waals surface area contributed by atoms with Gasteiger partial charge in [0.15, 0.2) is 5.69 Å². The summed E-state index contributed by atoms with van der Waals surface area (Å²) in [6.07, 6.45) is 0.828. The first-order valence-corrected chi connectivity index (χ1v) is 13.0. The van der Waals surface area contributed by atoms with Crippen LogP contribution in [0.3, 0.4) is 0 Å². The van der Waals surface area contributed by atoms with E-state index in [2.05, 4.69) is 78.0 Å². The molecule has 1 atom stereocenters. The largest absolute Gasteiger partial charge is 0.345 e. The van der Waals surface area contributed by atoms with Crippen LogP contribution in [0.1, 0.15) is 52.1 Å². The summed E-state index contributed by atoms with van der Waals surface area (Å²) < 4.78 is 2.31. The predicted molar refractivity (Wildman–Crippen MR) is 156 cm³/mol. The van der Waals surface area contributed by atoms with Gasteiger partial charge in [-0.3, -0.25) is 4.79 Å². The van der Waals surface area contributed by atoms with Gasteiger partial charge >= 0.3 is 0 Å². The van der Waals surface area contributed by atoms with Gasteiger partial charge in [0.1, 0.15) is 0 Å². The Hall–Kier alpha value is -4.62. The van der Waals surface area contributed by atoms with E-state index in [-0.39, 0.29) is 11.9 Å². The van der Waals surface area contributed by atoms with Gasteiger partial charge in [-0.15, -0.1) is 0 Å². The molecule has 5 aromatic rings. The Balaban J connectivity index is 1.40. The molecule has 1 aromatic heterocycles. The number of nitrogens with zero attached hydrogens (tertiary/aromatic N) is 2. The minimum absolute atomic E-state index is 0.0171. The van der Waals surface area contributed by atoms with E-state index in [9.17, 15) is 4.79 Å². The smallest absolute Gasteiger partial charge is 0.251 e. The molecule has 1 heterocycles. The van der Waals surface area contributed by atoms with Crippen LogP contribution in [0.4, 0.5) is 5.69 Å². The summed E-state index contributed by atoms with van der Waals surface area (Å²) in [5.74, 6) is -0.0531. The van der Waals surface area contributed by atoms with Gasteiger partial charge in [0, 0.05) is 28.7 Å². The van der Waals surface area contributed by atoms with E-state index in [1.807, 2.05) is 54.6 Å². The van der Waals surface area contributed by atoms with Crippen molar-refractivity contribution in [2.24, 2.45) is 0 Å². The number of rotatable bonds is 7. The molecule has 1 unspecified atom stereocenters. The Bertz CT molecular complexity index is 1640. The molecule has 0 aliphatic carbocycles. The van der Waals surface area contributed by atoms with Gasteiger partial charge in [0.05, 0.1) is 12.6 Å². The highest BCUT2D eigenvalue weighted by molar-refractivity contribution is 5.99. The van der Waals surface area contributed by atoms with Crippen molar-refractivity contribution in [1.82, 2.24) is 9.88 Å². The fourth-order valence-electron chi connectivity index (χ4n) is 5.13. The number of para-hydroxylation sites is 1. The summed E-state index contributed by atoms with van der Waals surface area (Å²) in [6, 6.07) is 32.3. The van der Waals surface area contributed by atoms with Crippen molar-refractivity contribution in [3.05, 3.63) is 136 Å². The van der Waals surface area contributed by atoms with E-state index in [0.717, 1.165) is 40.6 Å². The number of aromatic nitrogens is 1. The zero-order valence-corrected chi connectivity index (χ0v) is 22.0. The van der Waals surface area contributed by atoms with Crippen molar-refractivity contribution in [1.29, 1.82) is 0 Å². The molecule has 0 saturated heterocycles. The zero-order valence-electron chi connectivity index (χ0n) is 22.0. The standard InChI is InChI=1S/C34H31N3O/c1-5-31(27-11-7-6-8-12-27)36-34(38)28-19-20-33-30(21-28)23(2)24(3)37(33)22-25-15-17-26(18-16-25)29-13-9-10-14-32(29)35-4/h6-21,31H,5,22H2,1-3H3,(H,36,38). The number of carbonyl (C=O) groups is 1. The minimum Gasteiger partial charge on any atom is -0.345 e. The fraction of sp³-hybridized carbons (Fsp3) is 0.176. The van der Waals surface area contributed by atoms with Crippen molar-refractivity contribution in [3.8, 4) is 11.1 Å². The topological polar surface area (TPSA) is 38.4 Å². The lowest BCUT2D eigenvalue weighted by Gasteiger charge is -2.17. The molecule has 1 N–H and O–H groups in total. The van der Waals surface area contributed by atoms with E-state index < -0.39 is 0 Å². The Morgan fingerprint density at radius 1 is 0.921 bits per heavy atom. The quantitative estimate of drug-likeness (QED) is 0.225. The van der Waals surface area contributed by atoms with Crippen molar-refractivity contribution in [2.75, 3.05) is 0 Å². The van der Waals surface area contributed by atoms with Crippen molar-refractivity contribution < 1.29 is 4.79 Å². The maximum atomic E-state index is 13.2. The third kappa shape index (κ3) is 4.84. The molecule has 0 aliphatic rings. The highest BCUT2D eigenvalue weighted by Gasteiger charge is 2.17. The number of hydrogen-bond donors (Lipinski definition) is 1. The van der Waals surface area contributed by atoms with E-state index in [1.54, 1.807) is 0 Å². The first-order valence-electron chi connectivity index (χ1n) is 13.0. The van der Waals surface area contributed by atoms with Gasteiger partial charge in [0.2, 0.25) is 0 Å². The zero-order chi connectivity index (χ0) is 26.6. The van der Waals surface area contributed by atoms with Gasteiger partial charge in [-0.25, -0.2) is 4.85 Å². The molecule has 0 saturated carbocycles. The molecular formula is C34H31N3O. The second-order valence-corrected chi connectivity index (χ2v) is 9.70. The summed E-state index contributed by atoms with van der Waals surface area (Å²) in [5.41, 5.74) is 9.14. The molecule has 0 fully saturated rings. The van der Waals surface area contributed by atoms with Crippen LogP contribution >= 0.6 is 0 Å². The van der Waals surface area contributed by atoms with Gasteiger partial charge in [-0.05, 0) is 66.3 Å². The Kier molecular flexibility index (Phi) is 7.11. The highest BCUT2D eigenvalue weighted by atomic mass is 16.1. The van der Waals surface area contributed by atoms with E-state index in [4.69, 9.17) is 6.57 Å². The van der Waals surface area contributed by atoms with Crippen LogP contribution in [0.15, 0.2) is 97.1 Å².